The van der Waals surface area contributed by atoms with Gasteiger partial charge in [0.2, 0.25) is 0 Å². The number of nitrogens with zero attached hydrogens (tertiary/aromatic N) is 3. The van der Waals surface area contributed by atoms with Crippen LogP contribution in [0.3, 0.4) is 0 Å². The number of carboxylic acids is 2. The lowest BCUT2D eigenvalue weighted by Crippen LogP contribution is -2.37. The molecule has 1 saturated heterocycles. The largest absolute Gasteiger partial charge is 0.490 e. The first-order valence-electron chi connectivity index (χ1n) is 13.5. The highest BCUT2D eigenvalue weighted by molar-refractivity contribution is 7.09. The molecule has 42 heavy (non-hydrogen) atoms. The fraction of sp³-hybridized carbons (Fsp3) is 0.448. The van der Waals surface area contributed by atoms with Crippen molar-refractivity contribution in [3.8, 4) is 27.7 Å². The maximum Gasteiger partial charge on any atom is 0.490 e. The van der Waals surface area contributed by atoms with E-state index in [0.29, 0.717) is 10.8 Å². The summed E-state index contributed by atoms with van der Waals surface area (Å²) in [5.74, 6) is -2.21. The molecule has 1 fully saturated rings. The molecule has 0 aliphatic carbocycles. The van der Waals surface area contributed by atoms with Crippen LogP contribution in [0.5, 0.6) is 5.75 Å². The number of rotatable bonds is 9. The molecular weight excluding hydrogens is 595 g/mol. The molecule has 8 nitrogen and oxygen atoms in total. The van der Waals surface area contributed by atoms with Crippen LogP contribution in [0.4, 0.5) is 13.2 Å². The molecule has 0 atom stereocenters. The summed E-state index contributed by atoms with van der Waals surface area (Å²) in [5, 5.41) is 17.7. The number of aliphatic carboxylic acids is 2. The fourth-order valence-corrected chi connectivity index (χ4v) is 5.51. The molecule has 0 amide bonds. The molecule has 2 aromatic carbocycles. The van der Waals surface area contributed by atoms with Crippen molar-refractivity contribution in [2.45, 2.75) is 58.7 Å². The minimum Gasteiger partial charge on any atom is -0.489 e. The van der Waals surface area contributed by atoms with E-state index in [2.05, 4.69) is 34.4 Å². The van der Waals surface area contributed by atoms with E-state index < -0.39 is 18.1 Å². The molecule has 3 aromatic rings. The van der Waals surface area contributed by atoms with E-state index >= 15 is 0 Å². The molecule has 0 radical (unpaired) electrons. The van der Waals surface area contributed by atoms with Crippen LogP contribution in [0.1, 0.15) is 44.7 Å². The molecule has 228 valence electrons. The van der Waals surface area contributed by atoms with Crippen LogP contribution < -0.4 is 4.74 Å². The third kappa shape index (κ3) is 9.14. The van der Waals surface area contributed by atoms with Gasteiger partial charge in [-0.3, -0.25) is 4.79 Å². The van der Waals surface area contributed by atoms with Gasteiger partial charge in [-0.25, -0.2) is 9.78 Å². The van der Waals surface area contributed by atoms with Crippen molar-refractivity contribution in [3.63, 3.8) is 0 Å². The van der Waals surface area contributed by atoms with Crippen LogP contribution in [0.25, 0.3) is 22.0 Å². The Morgan fingerprint density at radius 1 is 1.17 bits per heavy atom. The van der Waals surface area contributed by atoms with Crippen LogP contribution in [0.15, 0.2) is 36.4 Å². The van der Waals surface area contributed by atoms with Crippen molar-refractivity contribution in [2.24, 2.45) is 5.92 Å². The topological polar surface area (TPSA) is 113 Å². The Kier molecular flexibility index (Phi) is 11.7. The van der Waals surface area contributed by atoms with Gasteiger partial charge in [0.15, 0.2) is 5.82 Å². The second-order valence-electron chi connectivity index (χ2n) is 10.0. The van der Waals surface area contributed by atoms with Crippen LogP contribution in [0.2, 0.25) is 5.02 Å². The first-order chi connectivity index (χ1) is 19.8. The number of benzene rings is 2. The van der Waals surface area contributed by atoms with Crippen molar-refractivity contribution in [3.05, 3.63) is 52.5 Å². The zero-order valence-corrected chi connectivity index (χ0v) is 25.0. The van der Waals surface area contributed by atoms with Gasteiger partial charge in [-0.15, -0.1) is 0 Å². The Bertz CT molecular complexity index is 1370. The van der Waals surface area contributed by atoms with E-state index in [0.717, 1.165) is 67.3 Å². The molecule has 1 aliphatic heterocycles. The van der Waals surface area contributed by atoms with Gasteiger partial charge in [-0.05, 0) is 93.5 Å². The van der Waals surface area contributed by atoms with Gasteiger partial charge >= 0.3 is 18.1 Å². The van der Waals surface area contributed by atoms with Gasteiger partial charge < -0.3 is 19.8 Å². The Morgan fingerprint density at radius 2 is 1.83 bits per heavy atom. The highest BCUT2D eigenvalue weighted by Crippen LogP contribution is 2.34. The van der Waals surface area contributed by atoms with Gasteiger partial charge in [0.1, 0.15) is 10.8 Å². The molecule has 2 heterocycles. The van der Waals surface area contributed by atoms with E-state index in [1.807, 2.05) is 32.0 Å². The fourth-order valence-electron chi connectivity index (χ4n) is 4.61. The number of hydrogen-bond acceptors (Lipinski definition) is 7. The number of aromatic nitrogens is 2. The van der Waals surface area contributed by atoms with Crippen LogP contribution in [0, 0.1) is 5.92 Å². The number of hydrogen-bond donors (Lipinski definition) is 2. The molecule has 0 spiro atoms. The SMILES string of the molecule is CCc1c(CCN2CCC(C(=O)O)CC2)cccc1-c1nsc(-c2ccc(OC(C)C)c(Cl)c2)n1.O=C(O)C(F)(F)F. The molecule has 0 saturated carbocycles. The number of piperidine rings is 1. The zero-order valence-electron chi connectivity index (χ0n) is 23.4. The summed E-state index contributed by atoms with van der Waals surface area (Å²) in [7, 11) is 0. The van der Waals surface area contributed by atoms with Gasteiger partial charge in [0.05, 0.1) is 17.0 Å². The number of carbonyl (C=O) groups is 2. The highest BCUT2D eigenvalue weighted by atomic mass is 35.5. The van der Waals surface area contributed by atoms with Crippen molar-refractivity contribution in [1.29, 1.82) is 0 Å². The highest BCUT2D eigenvalue weighted by Gasteiger charge is 2.38. The van der Waals surface area contributed by atoms with Crippen LogP contribution >= 0.6 is 23.1 Å². The van der Waals surface area contributed by atoms with E-state index in [1.165, 1.54) is 22.7 Å². The van der Waals surface area contributed by atoms with E-state index in [9.17, 15) is 23.1 Å². The van der Waals surface area contributed by atoms with Gasteiger partial charge in [-0.2, -0.15) is 17.5 Å². The monoisotopic (exact) mass is 627 g/mol. The molecular formula is C29H33ClF3N3O5S. The van der Waals surface area contributed by atoms with Gasteiger partial charge in [0.25, 0.3) is 0 Å². The number of alkyl halides is 3. The average molecular weight is 628 g/mol. The van der Waals surface area contributed by atoms with Crippen molar-refractivity contribution >= 4 is 35.1 Å². The van der Waals surface area contributed by atoms with Crippen LogP contribution in [-0.2, 0) is 22.4 Å². The lowest BCUT2D eigenvalue weighted by Gasteiger charge is -2.30. The van der Waals surface area contributed by atoms with Crippen molar-refractivity contribution < 1.29 is 37.7 Å². The summed E-state index contributed by atoms with van der Waals surface area (Å²) in [6.45, 7) is 8.74. The summed E-state index contributed by atoms with van der Waals surface area (Å²) >= 11 is 7.81. The first kappa shape index (κ1) is 33.3. The number of likely N-dealkylation sites (tertiary alicyclic amines) is 1. The third-order valence-electron chi connectivity index (χ3n) is 6.71. The van der Waals surface area contributed by atoms with Gasteiger partial charge in [-0.1, -0.05) is 36.7 Å². The minimum absolute atomic E-state index is 0.0581. The third-order valence-corrected chi connectivity index (χ3v) is 7.77. The Hall–Kier alpha value is -3.22. The Balaban J connectivity index is 0.000000616. The van der Waals surface area contributed by atoms with E-state index in [4.69, 9.17) is 31.2 Å². The molecule has 0 bridgehead atoms. The maximum absolute atomic E-state index is 11.2. The standard InChI is InChI=1S/C27H32ClN3O3S.C2HF3O2/c1-4-21-18(10-13-31-14-11-19(12-15-31)27(32)33)6-5-7-22(21)25-29-26(35-30-25)20-8-9-24(23(28)16-20)34-17(2)3;3-2(4,5)1(6)7/h5-9,16-17,19H,4,10-15H2,1-3H3,(H,32,33);(H,6,7). The number of ether oxygens (including phenoxy) is 1. The van der Waals surface area contributed by atoms with Gasteiger partial charge in [0, 0.05) is 17.7 Å². The molecule has 2 N–H and O–H groups in total. The number of carboxylic acid groups (broad SMARTS) is 2. The molecule has 0 unspecified atom stereocenters. The Morgan fingerprint density at radius 3 is 2.38 bits per heavy atom. The van der Waals surface area contributed by atoms with Crippen molar-refractivity contribution in [1.82, 2.24) is 14.3 Å². The summed E-state index contributed by atoms with van der Waals surface area (Å²) in [4.78, 5) is 27.3. The quantitative estimate of drug-likeness (QED) is 0.265. The molecule has 4 rings (SSSR count). The second-order valence-corrected chi connectivity index (χ2v) is 11.2. The predicted molar refractivity (Wildman–Crippen MR) is 155 cm³/mol. The minimum atomic E-state index is -5.08. The van der Waals surface area contributed by atoms with Crippen molar-refractivity contribution in [2.75, 3.05) is 19.6 Å². The summed E-state index contributed by atoms with van der Waals surface area (Å²) in [5.41, 5.74) is 4.58. The summed E-state index contributed by atoms with van der Waals surface area (Å²) < 4.78 is 42.2. The second kappa shape index (κ2) is 14.8. The predicted octanol–water partition coefficient (Wildman–Crippen LogP) is 6.85. The average Bonchev–Trinajstić information content (AvgIpc) is 3.43. The molecule has 1 aliphatic rings. The smallest absolute Gasteiger partial charge is 0.489 e. The lowest BCUT2D eigenvalue weighted by atomic mass is 9.94. The summed E-state index contributed by atoms with van der Waals surface area (Å²) in [6, 6.07) is 12.1. The molecule has 1 aromatic heterocycles. The number of halogens is 4. The van der Waals surface area contributed by atoms with E-state index in [-0.39, 0.29) is 12.0 Å². The normalized spacial score (nSPS) is 14.4. The molecule has 13 heteroatoms. The lowest BCUT2D eigenvalue weighted by molar-refractivity contribution is -0.192. The zero-order chi connectivity index (χ0) is 31.0. The Labute approximate surface area is 251 Å². The summed E-state index contributed by atoms with van der Waals surface area (Å²) in [6.07, 6.45) is -1.73. The van der Waals surface area contributed by atoms with Crippen LogP contribution in [-0.4, -0.2) is 68.3 Å². The maximum atomic E-state index is 11.2. The van der Waals surface area contributed by atoms with E-state index in [1.54, 1.807) is 0 Å². The first-order valence-corrected chi connectivity index (χ1v) is 14.6.